The summed E-state index contributed by atoms with van der Waals surface area (Å²) in [7, 11) is 0. The summed E-state index contributed by atoms with van der Waals surface area (Å²) in [6.45, 7) is 0.465. The van der Waals surface area contributed by atoms with E-state index >= 15 is 0 Å². The summed E-state index contributed by atoms with van der Waals surface area (Å²) in [4.78, 5) is 17.6. The van der Waals surface area contributed by atoms with E-state index in [1.165, 1.54) is 23.6 Å². The molecule has 0 saturated carbocycles. The Kier molecular flexibility index (Phi) is 4.40. The number of ether oxygens (including phenoxy) is 1. The number of halogens is 1. The molecule has 1 amide bonds. The van der Waals surface area contributed by atoms with E-state index in [0.29, 0.717) is 12.1 Å². The molecule has 6 nitrogen and oxygen atoms in total. The van der Waals surface area contributed by atoms with Gasteiger partial charge in [-0.1, -0.05) is 18.2 Å². The summed E-state index contributed by atoms with van der Waals surface area (Å²) >= 11 is 0. The molecule has 0 radical (unpaired) electrons. The number of benzene rings is 1. The lowest BCUT2D eigenvalue weighted by molar-refractivity contribution is -0.124. The third-order valence-electron chi connectivity index (χ3n) is 3.94. The molecule has 1 aliphatic heterocycles. The van der Waals surface area contributed by atoms with E-state index in [-0.39, 0.29) is 43.7 Å². The van der Waals surface area contributed by atoms with Crippen LogP contribution in [0.2, 0.25) is 0 Å². The highest BCUT2D eigenvalue weighted by atomic mass is 19.1. The lowest BCUT2D eigenvalue weighted by Gasteiger charge is -2.41. The number of nitrogens with zero attached hydrogens (tertiary/aromatic N) is 2. The average Bonchev–Trinajstić information content (AvgIpc) is 3.11. The van der Waals surface area contributed by atoms with Gasteiger partial charge in [-0.3, -0.25) is 4.79 Å². The number of morpholine rings is 1. The molecule has 0 spiro atoms. The first-order valence-corrected chi connectivity index (χ1v) is 7.29. The summed E-state index contributed by atoms with van der Waals surface area (Å²) in [6.07, 6.45) is 2.71. The van der Waals surface area contributed by atoms with E-state index in [1.807, 2.05) is 0 Å². The Morgan fingerprint density at radius 3 is 2.96 bits per heavy atom. The lowest BCUT2D eigenvalue weighted by Crippen LogP contribution is -2.56. The van der Waals surface area contributed by atoms with Gasteiger partial charge in [-0.2, -0.15) is 0 Å². The Bertz CT molecular complexity index is 676. The number of amides is 1. The Morgan fingerprint density at radius 1 is 1.43 bits per heavy atom. The Labute approximate surface area is 132 Å². The van der Waals surface area contributed by atoms with Crippen LogP contribution in [0.25, 0.3) is 0 Å². The average molecular weight is 320 g/mol. The van der Waals surface area contributed by atoms with Crippen molar-refractivity contribution in [2.45, 2.75) is 12.0 Å². The zero-order valence-corrected chi connectivity index (χ0v) is 12.4. The fourth-order valence-electron chi connectivity index (χ4n) is 2.74. The molecule has 1 aromatic carbocycles. The highest BCUT2D eigenvalue weighted by Crippen LogP contribution is 2.25. The van der Waals surface area contributed by atoms with E-state index in [9.17, 15) is 14.3 Å². The zero-order valence-electron chi connectivity index (χ0n) is 12.4. The van der Waals surface area contributed by atoms with Gasteiger partial charge >= 0.3 is 0 Å². The molecule has 1 atom stereocenters. The van der Waals surface area contributed by atoms with Crippen LogP contribution in [-0.4, -0.2) is 52.8 Å². The second-order valence-corrected chi connectivity index (χ2v) is 5.55. The van der Waals surface area contributed by atoms with Crippen LogP contribution in [0.5, 0.6) is 0 Å². The second-order valence-electron chi connectivity index (χ2n) is 5.55. The fourth-order valence-corrected chi connectivity index (χ4v) is 2.74. The maximum Gasteiger partial charge on any atom is 0.291 e. The van der Waals surface area contributed by atoms with Crippen LogP contribution in [-0.2, 0) is 11.2 Å². The van der Waals surface area contributed by atoms with Crippen molar-refractivity contribution >= 4 is 5.91 Å². The number of carbonyl (C=O) groups is 1. The minimum atomic E-state index is -1.03. The molecule has 23 heavy (non-hydrogen) atoms. The number of aliphatic hydroxyl groups is 1. The van der Waals surface area contributed by atoms with E-state index in [4.69, 9.17) is 9.15 Å². The fraction of sp³-hybridized carbons (Fsp3) is 0.375. The van der Waals surface area contributed by atoms with Crippen LogP contribution < -0.4 is 0 Å². The first-order chi connectivity index (χ1) is 11.1. The number of aliphatic hydroxyl groups excluding tert-OH is 1. The van der Waals surface area contributed by atoms with Gasteiger partial charge in [0.1, 0.15) is 11.4 Å². The third kappa shape index (κ3) is 3.25. The maximum atomic E-state index is 13.9. The SMILES string of the molecule is O=C(c1cnco1)N1CCO[C@@](CO)(Cc2ccccc2F)C1. The predicted octanol–water partition coefficient (Wildman–Crippen LogP) is 1.26. The molecule has 1 N–H and O–H groups in total. The quantitative estimate of drug-likeness (QED) is 0.918. The number of hydrogen-bond acceptors (Lipinski definition) is 5. The standard InChI is InChI=1S/C16H17FN2O4/c17-13-4-2-1-3-12(13)7-16(10-20)9-19(5-6-23-16)15(21)14-8-18-11-22-14/h1-4,8,11,20H,5-7,9-10H2/t16-/m0/s1. The highest BCUT2D eigenvalue weighted by Gasteiger charge is 2.39. The number of carbonyl (C=O) groups excluding carboxylic acids is 1. The molecule has 0 unspecified atom stereocenters. The normalized spacial score (nSPS) is 21.4. The molecule has 1 aliphatic rings. The lowest BCUT2D eigenvalue weighted by atomic mass is 9.92. The molecular weight excluding hydrogens is 303 g/mol. The molecule has 0 aliphatic carbocycles. The van der Waals surface area contributed by atoms with Crippen molar-refractivity contribution in [3.8, 4) is 0 Å². The van der Waals surface area contributed by atoms with Crippen LogP contribution >= 0.6 is 0 Å². The molecule has 0 bridgehead atoms. The van der Waals surface area contributed by atoms with Gasteiger partial charge in [-0.05, 0) is 11.6 Å². The van der Waals surface area contributed by atoms with Gasteiger partial charge in [0.05, 0.1) is 26.0 Å². The van der Waals surface area contributed by atoms with Crippen molar-refractivity contribution in [1.82, 2.24) is 9.88 Å². The van der Waals surface area contributed by atoms with Crippen molar-refractivity contribution in [2.24, 2.45) is 0 Å². The van der Waals surface area contributed by atoms with E-state index in [2.05, 4.69) is 4.98 Å². The van der Waals surface area contributed by atoms with Gasteiger partial charge in [0.25, 0.3) is 5.91 Å². The molecule has 2 heterocycles. The molecule has 7 heteroatoms. The maximum absolute atomic E-state index is 13.9. The van der Waals surface area contributed by atoms with Crippen molar-refractivity contribution in [1.29, 1.82) is 0 Å². The van der Waals surface area contributed by atoms with Crippen LogP contribution in [0.4, 0.5) is 4.39 Å². The van der Waals surface area contributed by atoms with Gasteiger partial charge in [-0.15, -0.1) is 0 Å². The Hall–Kier alpha value is -2.25. The molecular formula is C16H17FN2O4. The summed E-state index contributed by atoms with van der Waals surface area (Å²) in [5.41, 5.74) is -0.591. The molecule has 1 aromatic heterocycles. The summed E-state index contributed by atoms with van der Waals surface area (Å²) in [6, 6.07) is 6.34. The van der Waals surface area contributed by atoms with E-state index in [0.717, 1.165) is 0 Å². The third-order valence-corrected chi connectivity index (χ3v) is 3.94. The van der Waals surface area contributed by atoms with Crippen molar-refractivity contribution in [3.05, 3.63) is 54.0 Å². The topological polar surface area (TPSA) is 75.8 Å². The van der Waals surface area contributed by atoms with E-state index in [1.54, 1.807) is 18.2 Å². The zero-order chi connectivity index (χ0) is 16.3. The minimum absolute atomic E-state index is 0.129. The van der Waals surface area contributed by atoms with Gasteiger partial charge in [-0.25, -0.2) is 9.37 Å². The largest absolute Gasteiger partial charge is 0.438 e. The first kappa shape index (κ1) is 15.6. The smallest absolute Gasteiger partial charge is 0.291 e. The Balaban J connectivity index is 1.79. The summed E-state index contributed by atoms with van der Waals surface area (Å²) in [5.74, 6) is -0.551. The number of aromatic nitrogens is 1. The first-order valence-electron chi connectivity index (χ1n) is 7.29. The van der Waals surface area contributed by atoms with Crippen LogP contribution in [0.15, 0.2) is 41.3 Å². The van der Waals surface area contributed by atoms with Gasteiger partial charge in [0.2, 0.25) is 5.76 Å². The summed E-state index contributed by atoms with van der Waals surface area (Å²) < 4.78 is 24.6. The van der Waals surface area contributed by atoms with Crippen molar-refractivity contribution in [2.75, 3.05) is 26.3 Å². The van der Waals surface area contributed by atoms with Crippen molar-refractivity contribution < 1.29 is 23.4 Å². The Morgan fingerprint density at radius 2 is 2.26 bits per heavy atom. The molecule has 2 aromatic rings. The minimum Gasteiger partial charge on any atom is -0.438 e. The number of oxazole rings is 1. The summed E-state index contributed by atoms with van der Waals surface area (Å²) in [5, 5.41) is 9.80. The van der Waals surface area contributed by atoms with Gasteiger partial charge in [0, 0.05) is 13.0 Å². The second kappa shape index (κ2) is 6.47. The van der Waals surface area contributed by atoms with Gasteiger partial charge < -0.3 is 19.2 Å². The predicted molar refractivity (Wildman–Crippen MR) is 78.3 cm³/mol. The van der Waals surface area contributed by atoms with Crippen LogP contribution in [0.3, 0.4) is 0 Å². The monoisotopic (exact) mass is 320 g/mol. The van der Waals surface area contributed by atoms with Gasteiger partial charge in [0.15, 0.2) is 6.39 Å². The van der Waals surface area contributed by atoms with Crippen LogP contribution in [0, 0.1) is 5.82 Å². The van der Waals surface area contributed by atoms with Crippen molar-refractivity contribution in [3.63, 3.8) is 0 Å². The molecule has 1 fully saturated rings. The molecule has 3 rings (SSSR count). The molecule has 122 valence electrons. The highest BCUT2D eigenvalue weighted by molar-refractivity contribution is 5.91. The number of rotatable bonds is 4. The number of hydrogen-bond donors (Lipinski definition) is 1. The van der Waals surface area contributed by atoms with Crippen LogP contribution in [0.1, 0.15) is 16.1 Å². The molecule has 1 saturated heterocycles. The van der Waals surface area contributed by atoms with E-state index < -0.39 is 5.60 Å².